The summed E-state index contributed by atoms with van der Waals surface area (Å²) in [7, 11) is 0. The fourth-order valence-electron chi connectivity index (χ4n) is 2.15. The van der Waals surface area contributed by atoms with Crippen LogP contribution in [0.5, 0.6) is 0 Å². The molecule has 4 nitrogen and oxygen atoms in total. The Bertz CT molecular complexity index is 608. The SMILES string of the molecule is CCCN(CCC)C(=O)CSc1nc2ccc(Cl)cc2[nH]1. The molecule has 1 N–H and O–H groups in total. The molecule has 2 rings (SSSR count). The van der Waals surface area contributed by atoms with E-state index < -0.39 is 0 Å². The quantitative estimate of drug-likeness (QED) is 0.784. The van der Waals surface area contributed by atoms with Crippen LogP contribution >= 0.6 is 23.4 Å². The fourth-order valence-corrected chi connectivity index (χ4v) is 3.11. The van der Waals surface area contributed by atoms with Crippen molar-refractivity contribution in [2.75, 3.05) is 18.8 Å². The highest BCUT2D eigenvalue weighted by Crippen LogP contribution is 2.22. The average molecular weight is 326 g/mol. The lowest BCUT2D eigenvalue weighted by Crippen LogP contribution is -2.33. The molecule has 0 aliphatic carbocycles. The number of halogens is 1. The van der Waals surface area contributed by atoms with Crippen LogP contribution in [0.4, 0.5) is 0 Å². The smallest absolute Gasteiger partial charge is 0.233 e. The number of rotatable bonds is 7. The molecule has 0 spiro atoms. The summed E-state index contributed by atoms with van der Waals surface area (Å²) >= 11 is 7.39. The summed E-state index contributed by atoms with van der Waals surface area (Å²) in [5, 5.41) is 1.43. The zero-order valence-corrected chi connectivity index (χ0v) is 13.9. The predicted octanol–water partition coefficient (Wildman–Crippen LogP) is 3.96. The molecule has 0 unspecified atom stereocenters. The van der Waals surface area contributed by atoms with Gasteiger partial charge in [-0.25, -0.2) is 4.98 Å². The largest absolute Gasteiger partial charge is 0.342 e. The molecule has 6 heteroatoms. The Kier molecular flexibility index (Phi) is 5.94. The first kappa shape index (κ1) is 16.2. The highest BCUT2D eigenvalue weighted by Gasteiger charge is 2.13. The maximum Gasteiger partial charge on any atom is 0.233 e. The van der Waals surface area contributed by atoms with E-state index >= 15 is 0 Å². The molecule has 0 fully saturated rings. The van der Waals surface area contributed by atoms with Gasteiger partial charge in [0.2, 0.25) is 5.91 Å². The molecule has 21 heavy (non-hydrogen) atoms. The van der Waals surface area contributed by atoms with E-state index in [-0.39, 0.29) is 5.91 Å². The molecule has 1 heterocycles. The minimum Gasteiger partial charge on any atom is -0.342 e. The topological polar surface area (TPSA) is 49.0 Å². The second kappa shape index (κ2) is 7.71. The van der Waals surface area contributed by atoms with Gasteiger partial charge in [0.15, 0.2) is 5.16 Å². The van der Waals surface area contributed by atoms with E-state index in [1.807, 2.05) is 23.1 Å². The number of hydrogen-bond donors (Lipinski definition) is 1. The van der Waals surface area contributed by atoms with Gasteiger partial charge in [0.1, 0.15) is 0 Å². The van der Waals surface area contributed by atoms with Crippen molar-refractivity contribution in [1.29, 1.82) is 0 Å². The summed E-state index contributed by atoms with van der Waals surface area (Å²) in [4.78, 5) is 21.8. The van der Waals surface area contributed by atoms with Crippen LogP contribution in [0.15, 0.2) is 23.4 Å². The number of amides is 1. The summed E-state index contributed by atoms with van der Waals surface area (Å²) in [5.41, 5.74) is 1.77. The Morgan fingerprint density at radius 1 is 1.33 bits per heavy atom. The van der Waals surface area contributed by atoms with E-state index in [0.29, 0.717) is 10.8 Å². The number of nitrogens with zero attached hydrogens (tertiary/aromatic N) is 2. The molecule has 0 saturated carbocycles. The third-order valence-electron chi connectivity index (χ3n) is 3.09. The Balaban J connectivity index is 1.98. The second-order valence-corrected chi connectivity index (χ2v) is 6.27. The lowest BCUT2D eigenvalue weighted by molar-refractivity contribution is -0.128. The number of imidazole rings is 1. The molecule has 1 aromatic heterocycles. The minimum absolute atomic E-state index is 0.169. The maximum atomic E-state index is 12.2. The van der Waals surface area contributed by atoms with E-state index in [0.717, 1.165) is 42.1 Å². The van der Waals surface area contributed by atoms with Crippen molar-refractivity contribution in [2.45, 2.75) is 31.8 Å². The summed E-state index contributed by atoms with van der Waals surface area (Å²) in [5.74, 6) is 0.579. The number of carbonyl (C=O) groups excluding carboxylic acids is 1. The second-order valence-electron chi connectivity index (χ2n) is 4.87. The Hall–Kier alpha value is -1.20. The van der Waals surface area contributed by atoms with Crippen molar-refractivity contribution in [3.8, 4) is 0 Å². The maximum absolute atomic E-state index is 12.2. The van der Waals surface area contributed by atoms with Gasteiger partial charge in [-0.1, -0.05) is 37.2 Å². The van der Waals surface area contributed by atoms with Gasteiger partial charge >= 0.3 is 0 Å². The van der Waals surface area contributed by atoms with Gasteiger partial charge < -0.3 is 9.88 Å². The number of hydrogen-bond acceptors (Lipinski definition) is 3. The number of nitrogens with one attached hydrogen (secondary N) is 1. The van der Waals surface area contributed by atoms with Gasteiger partial charge in [0.25, 0.3) is 0 Å². The Morgan fingerprint density at radius 2 is 2.05 bits per heavy atom. The number of carbonyl (C=O) groups is 1. The van der Waals surface area contributed by atoms with Crippen LogP contribution in [-0.2, 0) is 4.79 Å². The number of fused-ring (bicyclic) bond motifs is 1. The first-order valence-electron chi connectivity index (χ1n) is 7.19. The average Bonchev–Trinajstić information content (AvgIpc) is 2.86. The van der Waals surface area contributed by atoms with Crippen molar-refractivity contribution >= 4 is 40.3 Å². The lowest BCUT2D eigenvalue weighted by Gasteiger charge is -2.20. The summed E-state index contributed by atoms with van der Waals surface area (Å²) in [6, 6.07) is 5.53. The van der Waals surface area contributed by atoms with Crippen LogP contribution in [0.25, 0.3) is 11.0 Å². The van der Waals surface area contributed by atoms with Crippen LogP contribution in [0.2, 0.25) is 5.02 Å². The molecule has 1 aromatic carbocycles. The fraction of sp³-hybridized carbons (Fsp3) is 0.467. The zero-order chi connectivity index (χ0) is 15.2. The van der Waals surface area contributed by atoms with E-state index in [4.69, 9.17) is 11.6 Å². The highest BCUT2D eigenvalue weighted by atomic mass is 35.5. The number of aromatic nitrogens is 2. The summed E-state index contributed by atoms with van der Waals surface area (Å²) < 4.78 is 0. The molecule has 0 bridgehead atoms. The highest BCUT2D eigenvalue weighted by molar-refractivity contribution is 7.99. The van der Waals surface area contributed by atoms with Crippen LogP contribution < -0.4 is 0 Å². The molecule has 0 radical (unpaired) electrons. The lowest BCUT2D eigenvalue weighted by atomic mass is 10.3. The minimum atomic E-state index is 0.169. The first-order chi connectivity index (χ1) is 10.1. The molecule has 0 aliphatic rings. The third-order valence-corrected chi connectivity index (χ3v) is 4.19. The normalized spacial score (nSPS) is 11.0. The molecular weight excluding hydrogens is 306 g/mol. The Morgan fingerprint density at radius 3 is 2.71 bits per heavy atom. The first-order valence-corrected chi connectivity index (χ1v) is 8.56. The summed E-state index contributed by atoms with van der Waals surface area (Å²) in [6.07, 6.45) is 1.97. The van der Waals surface area contributed by atoms with Crippen molar-refractivity contribution in [1.82, 2.24) is 14.9 Å². The van der Waals surface area contributed by atoms with Crippen LogP contribution in [0.3, 0.4) is 0 Å². The van der Waals surface area contributed by atoms with Gasteiger partial charge in [-0.3, -0.25) is 4.79 Å². The molecular formula is C15H20ClN3OS. The van der Waals surface area contributed by atoms with Crippen LogP contribution in [0, 0.1) is 0 Å². The van der Waals surface area contributed by atoms with Crippen molar-refractivity contribution < 1.29 is 4.79 Å². The van der Waals surface area contributed by atoms with Gasteiger partial charge in [-0.05, 0) is 31.0 Å². The van der Waals surface area contributed by atoms with Gasteiger partial charge in [0.05, 0.1) is 16.8 Å². The molecule has 2 aromatic rings. The Labute approximate surface area is 134 Å². The molecule has 114 valence electrons. The third kappa shape index (κ3) is 4.38. The van der Waals surface area contributed by atoms with Crippen molar-refractivity contribution in [3.63, 3.8) is 0 Å². The van der Waals surface area contributed by atoms with Crippen LogP contribution in [-0.4, -0.2) is 39.6 Å². The number of H-pyrrole nitrogens is 1. The van der Waals surface area contributed by atoms with Crippen molar-refractivity contribution in [3.05, 3.63) is 23.2 Å². The van der Waals surface area contributed by atoms with E-state index in [1.54, 1.807) is 0 Å². The van der Waals surface area contributed by atoms with E-state index in [9.17, 15) is 4.79 Å². The molecule has 1 amide bonds. The van der Waals surface area contributed by atoms with E-state index in [1.165, 1.54) is 11.8 Å². The van der Waals surface area contributed by atoms with Gasteiger partial charge in [0, 0.05) is 18.1 Å². The van der Waals surface area contributed by atoms with Crippen LogP contribution in [0.1, 0.15) is 26.7 Å². The molecule has 0 aliphatic heterocycles. The standard InChI is InChI=1S/C15H20ClN3OS/c1-3-7-19(8-4-2)14(20)10-21-15-17-12-6-5-11(16)9-13(12)18-15/h5-6,9H,3-4,7-8,10H2,1-2H3,(H,17,18). The number of aromatic amines is 1. The monoisotopic (exact) mass is 325 g/mol. The number of thioether (sulfide) groups is 1. The van der Waals surface area contributed by atoms with E-state index in [2.05, 4.69) is 23.8 Å². The van der Waals surface area contributed by atoms with Crippen molar-refractivity contribution in [2.24, 2.45) is 0 Å². The zero-order valence-electron chi connectivity index (χ0n) is 12.4. The van der Waals surface area contributed by atoms with Gasteiger partial charge in [-0.15, -0.1) is 0 Å². The summed E-state index contributed by atoms with van der Waals surface area (Å²) in [6.45, 7) is 5.82. The predicted molar refractivity (Wildman–Crippen MR) is 89.0 cm³/mol. The van der Waals surface area contributed by atoms with Gasteiger partial charge in [-0.2, -0.15) is 0 Å². The molecule has 0 saturated heterocycles. The molecule has 0 atom stereocenters. The number of benzene rings is 1.